The van der Waals surface area contributed by atoms with Crippen molar-refractivity contribution in [3.8, 4) is 0 Å². The molecule has 90 valence electrons. The normalized spacial score (nSPS) is 11.1. The summed E-state index contributed by atoms with van der Waals surface area (Å²) in [5.41, 5.74) is 0. The summed E-state index contributed by atoms with van der Waals surface area (Å²) < 4.78 is 0. The highest BCUT2D eigenvalue weighted by Crippen LogP contribution is 2.33. The molecular formula is C12H14ClN3S. The zero-order chi connectivity index (χ0) is 12.4. The fourth-order valence-corrected chi connectivity index (χ4v) is 2.75. The summed E-state index contributed by atoms with van der Waals surface area (Å²) in [7, 11) is 0. The smallest absolute Gasteiger partial charge is 0.225 e. The molecule has 2 aromatic heterocycles. The molecule has 0 aromatic carbocycles. The Bertz CT molecular complexity index is 548. The minimum atomic E-state index is 0.481. The van der Waals surface area contributed by atoms with Crippen LogP contribution in [0.25, 0.3) is 10.2 Å². The lowest BCUT2D eigenvalue weighted by atomic mass is 10.2. The number of halogens is 1. The van der Waals surface area contributed by atoms with E-state index in [1.165, 1.54) is 4.88 Å². The molecule has 2 heterocycles. The fourth-order valence-electron chi connectivity index (χ4n) is 1.43. The van der Waals surface area contributed by atoms with Gasteiger partial charge in [0.25, 0.3) is 0 Å². The molecule has 2 aromatic rings. The first-order valence-electron chi connectivity index (χ1n) is 5.43. The molecule has 0 saturated carbocycles. The molecule has 0 fully saturated rings. The van der Waals surface area contributed by atoms with Gasteiger partial charge in [-0.2, -0.15) is 0 Å². The maximum Gasteiger partial charge on any atom is 0.225 e. The van der Waals surface area contributed by atoms with E-state index in [4.69, 9.17) is 11.6 Å². The van der Waals surface area contributed by atoms with Gasteiger partial charge in [0.15, 0.2) is 0 Å². The maximum atomic E-state index is 6.15. The topological polar surface area (TPSA) is 37.8 Å². The van der Waals surface area contributed by atoms with Crippen molar-refractivity contribution in [3.63, 3.8) is 0 Å². The minimum absolute atomic E-state index is 0.481. The molecule has 3 nitrogen and oxygen atoms in total. The Hall–Kier alpha value is -1.13. The van der Waals surface area contributed by atoms with E-state index >= 15 is 0 Å². The van der Waals surface area contributed by atoms with Crippen LogP contribution in [0, 0.1) is 0 Å². The van der Waals surface area contributed by atoms with Gasteiger partial charge in [-0.05, 0) is 12.0 Å². The van der Waals surface area contributed by atoms with Gasteiger partial charge >= 0.3 is 0 Å². The number of nitrogens with one attached hydrogen (secondary N) is 1. The molecule has 0 spiro atoms. The van der Waals surface area contributed by atoms with E-state index in [0.717, 1.165) is 10.2 Å². The molecule has 0 amide bonds. The summed E-state index contributed by atoms with van der Waals surface area (Å²) >= 11 is 7.81. The fraction of sp³-hybridized carbons (Fsp3) is 0.333. The van der Waals surface area contributed by atoms with E-state index in [0.29, 0.717) is 23.6 Å². The van der Waals surface area contributed by atoms with E-state index in [1.807, 2.05) is 0 Å². The Morgan fingerprint density at radius 2 is 2.29 bits per heavy atom. The number of hydrogen-bond acceptors (Lipinski definition) is 4. The Morgan fingerprint density at radius 3 is 2.94 bits per heavy atom. The molecule has 0 saturated heterocycles. The largest absolute Gasteiger partial charge is 0.351 e. The number of nitrogens with zero attached hydrogens (tertiary/aromatic N) is 2. The average molecular weight is 268 g/mol. The predicted molar refractivity (Wildman–Crippen MR) is 75.2 cm³/mol. The zero-order valence-electron chi connectivity index (χ0n) is 9.83. The third kappa shape index (κ3) is 2.58. The lowest BCUT2D eigenvalue weighted by Gasteiger charge is -2.01. The van der Waals surface area contributed by atoms with Crippen molar-refractivity contribution in [3.05, 3.63) is 28.8 Å². The van der Waals surface area contributed by atoms with Crippen LogP contribution in [0.15, 0.2) is 18.7 Å². The lowest BCUT2D eigenvalue weighted by molar-refractivity contribution is 0.890. The summed E-state index contributed by atoms with van der Waals surface area (Å²) in [5.74, 6) is 1.04. The van der Waals surface area contributed by atoms with Gasteiger partial charge in [0.05, 0.1) is 0 Å². The highest BCUT2D eigenvalue weighted by molar-refractivity contribution is 7.18. The number of anilines is 1. The Labute approximate surface area is 110 Å². The summed E-state index contributed by atoms with van der Waals surface area (Å²) in [4.78, 5) is 10.9. The van der Waals surface area contributed by atoms with E-state index in [-0.39, 0.29) is 0 Å². The minimum Gasteiger partial charge on any atom is -0.351 e. The molecule has 1 N–H and O–H groups in total. The number of aromatic nitrogens is 2. The quantitative estimate of drug-likeness (QED) is 0.670. The standard InChI is InChI=1S/C12H14ClN3S/c1-4-5-14-12-15-10(13)8-6-9(7(2)3)17-11(8)16-12/h4,6-7H,1,5H2,2-3H3,(H,14,15,16). The number of rotatable bonds is 4. The van der Waals surface area contributed by atoms with Gasteiger partial charge in [-0.3, -0.25) is 0 Å². The third-order valence-electron chi connectivity index (χ3n) is 2.34. The van der Waals surface area contributed by atoms with E-state index in [1.54, 1.807) is 17.4 Å². The van der Waals surface area contributed by atoms with Crippen molar-refractivity contribution in [2.75, 3.05) is 11.9 Å². The zero-order valence-corrected chi connectivity index (χ0v) is 11.4. The van der Waals surface area contributed by atoms with Gasteiger partial charge in [-0.1, -0.05) is 31.5 Å². The van der Waals surface area contributed by atoms with Gasteiger partial charge < -0.3 is 5.32 Å². The van der Waals surface area contributed by atoms with Crippen LogP contribution in [0.4, 0.5) is 5.95 Å². The van der Waals surface area contributed by atoms with Crippen LogP contribution in [-0.2, 0) is 0 Å². The van der Waals surface area contributed by atoms with Crippen LogP contribution < -0.4 is 5.32 Å². The second-order valence-corrected chi connectivity index (χ2v) is 5.45. The Balaban J connectivity index is 2.45. The molecular weight excluding hydrogens is 254 g/mol. The van der Waals surface area contributed by atoms with Crippen LogP contribution >= 0.6 is 22.9 Å². The van der Waals surface area contributed by atoms with Crippen molar-refractivity contribution < 1.29 is 0 Å². The Kier molecular flexibility index (Phi) is 3.64. The molecule has 0 aliphatic carbocycles. The first-order valence-corrected chi connectivity index (χ1v) is 6.63. The molecule has 0 bridgehead atoms. The van der Waals surface area contributed by atoms with Crippen molar-refractivity contribution >= 4 is 39.1 Å². The molecule has 2 rings (SSSR count). The average Bonchev–Trinajstić information content (AvgIpc) is 2.71. The van der Waals surface area contributed by atoms with E-state index < -0.39 is 0 Å². The maximum absolute atomic E-state index is 6.15. The number of fused-ring (bicyclic) bond motifs is 1. The third-order valence-corrected chi connectivity index (χ3v) is 3.96. The van der Waals surface area contributed by atoms with Crippen LogP contribution in [0.2, 0.25) is 5.15 Å². The molecule has 17 heavy (non-hydrogen) atoms. The highest BCUT2D eigenvalue weighted by Gasteiger charge is 2.11. The highest BCUT2D eigenvalue weighted by atomic mass is 35.5. The van der Waals surface area contributed by atoms with Crippen molar-refractivity contribution in [1.29, 1.82) is 0 Å². The van der Waals surface area contributed by atoms with Crippen molar-refractivity contribution in [1.82, 2.24) is 9.97 Å². The van der Waals surface area contributed by atoms with Gasteiger partial charge in [0, 0.05) is 16.8 Å². The first-order chi connectivity index (χ1) is 8.11. The molecule has 0 aliphatic rings. The number of hydrogen-bond donors (Lipinski definition) is 1. The molecule has 0 radical (unpaired) electrons. The summed E-state index contributed by atoms with van der Waals surface area (Å²) in [6, 6.07) is 2.07. The van der Waals surface area contributed by atoms with Crippen LogP contribution in [-0.4, -0.2) is 16.5 Å². The van der Waals surface area contributed by atoms with Crippen molar-refractivity contribution in [2.24, 2.45) is 0 Å². The molecule has 5 heteroatoms. The van der Waals surface area contributed by atoms with Gasteiger partial charge in [-0.25, -0.2) is 9.97 Å². The van der Waals surface area contributed by atoms with E-state index in [2.05, 4.69) is 41.8 Å². The molecule has 0 unspecified atom stereocenters. The summed E-state index contributed by atoms with van der Waals surface area (Å²) in [5, 5.41) is 4.49. The van der Waals surface area contributed by atoms with Crippen LogP contribution in [0.5, 0.6) is 0 Å². The first kappa shape index (κ1) is 12.3. The van der Waals surface area contributed by atoms with Gasteiger partial charge in [0.2, 0.25) is 5.95 Å². The molecule has 0 atom stereocenters. The monoisotopic (exact) mass is 267 g/mol. The number of thiophene rings is 1. The van der Waals surface area contributed by atoms with Crippen molar-refractivity contribution in [2.45, 2.75) is 19.8 Å². The molecule has 0 aliphatic heterocycles. The van der Waals surface area contributed by atoms with E-state index in [9.17, 15) is 0 Å². The second kappa shape index (κ2) is 5.02. The Morgan fingerprint density at radius 1 is 1.53 bits per heavy atom. The van der Waals surface area contributed by atoms with Gasteiger partial charge in [0.1, 0.15) is 9.98 Å². The lowest BCUT2D eigenvalue weighted by Crippen LogP contribution is -2.02. The van der Waals surface area contributed by atoms with Crippen LogP contribution in [0.1, 0.15) is 24.6 Å². The van der Waals surface area contributed by atoms with Crippen LogP contribution in [0.3, 0.4) is 0 Å². The summed E-state index contributed by atoms with van der Waals surface area (Å²) in [6.07, 6.45) is 1.76. The van der Waals surface area contributed by atoms with Gasteiger partial charge in [-0.15, -0.1) is 17.9 Å². The second-order valence-electron chi connectivity index (χ2n) is 4.03. The summed E-state index contributed by atoms with van der Waals surface area (Å²) in [6.45, 7) is 8.58. The SMILES string of the molecule is C=CCNc1nc(Cl)c2cc(C(C)C)sc2n1. The predicted octanol–water partition coefficient (Wildman–Crippen LogP) is 4.07.